The van der Waals surface area contributed by atoms with E-state index >= 15 is 0 Å². The summed E-state index contributed by atoms with van der Waals surface area (Å²) in [5.41, 5.74) is 6.95. The Balaban J connectivity index is 0.00000196. The molecule has 8 heteroatoms. The molecular weight excluding hydrogens is 357 g/mol. The van der Waals surface area contributed by atoms with Gasteiger partial charge in [-0.15, -0.1) is 12.4 Å². The number of benzene rings is 1. The number of aliphatic hydroxyl groups is 1. The Morgan fingerprint density at radius 2 is 2.04 bits per heavy atom. The van der Waals surface area contributed by atoms with Crippen LogP contribution in [-0.4, -0.2) is 30.2 Å². The molecule has 1 saturated carbocycles. The van der Waals surface area contributed by atoms with Crippen LogP contribution in [0.15, 0.2) is 30.3 Å². The monoisotopic (exact) mass is 375 g/mol. The van der Waals surface area contributed by atoms with Gasteiger partial charge in [0.15, 0.2) is 22.8 Å². The zero-order chi connectivity index (χ0) is 17.6. The number of imidazole rings is 1. The smallest absolute Gasteiger partial charge is 0.166 e. The summed E-state index contributed by atoms with van der Waals surface area (Å²) in [6.07, 6.45) is 5.92. The highest BCUT2D eigenvalue weighted by Gasteiger charge is 2.31. The minimum atomic E-state index is -0.758. The molecule has 1 aromatic carbocycles. The van der Waals surface area contributed by atoms with Crippen molar-refractivity contribution in [2.24, 2.45) is 7.05 Å². The molecule has 3 N–H and O–H groups in total. The van der Waals surface area contributed by atoms with Crippen LogP contribution in [-0.2, 0) is 7.05 Å². The molecule has 2 aromatic heterocycles. The van der Waals surface area contributed by atoms with Crippen molar-refractivity contribution in [1.82, 2.24) is 19.5 Å². The minimum Gasteiger partial charge on any atom is -0.386 e. The number of halogens is 2. The zero-order valence-electron chi connectivity index (χ0n) is 14.2. The molecule has 1 fully saturated rings. The van der Waals surface area contributed by atoms with Gasteiger partial charge >= 0.3 is 0 Å². The highest BCUT2D eigenvalue weighted by Crippen LogP contribution is 2.33. The van der Waals surface area contributed by atoms with E-state index in [1.54, 1.807) is 35.9 Å². The summed E-state index contributed by atoms with van der Waals surface area (Å²) >= 11 is 0. The molecule has 136 valence electrons. The number of nitrogens with two attached hydrogens (primary N) is 1. The van der Waals surface area contributed by atoms with Gasteiger partial charge < -0.3 is 15.4 Å². The first-order chi connectivity index (χ1) is 12.0. The van der Waals surface area contributed by atoms with Crippen LogP contribution in [0.2, 0.25) is 0 Å². The molecule has 2 heterocycles. The maximum absolute atomic E-state index is 13.5. The second-order valence-corrected chi connectivity index (χ2v) is 6.43. The van der Waals surface area contributed by atoms with E-state index in [9.17, 15) is 9.50 Å². The van der Waals surface area contributed by atoms with Gasteiger partial charge in [0.2, 0.25) is 0 Å². The maximum Gasteiger partial charge on any atom is 0.166 e. The average Bonchev–Trinajstić information content (AvgIpc) is 2.89. The van der Waals surface area contributed by atoms with Crippen LogP contribution < -0.4 is 5.73 Å². The van der Waals surface area contributed by atoms with E-state index in [0.717, 1.165) is 19.3 Å². The first kappa shape index (κ1) is 18.3. The summed E-state index contributed by atoms with van der Waals surface area (Å²) in [6, 6.07) is 6.21. The normalized spacial score (nSPS) is 15.8. The Hall–Kier alpha value is -2.51. The van der Waals surface area contributed by atoms with E-state index in [2.05, 4.69) is 15.0 Å². The molecule has 0 radical (unpaired) electrons. The second-order valence-electron chi connectivity index (χ2n) is 6.43. The second kappa shape index (κ2) is 6.66. The van der Waals surface area contributed by atoms with Crippen LogP contribution >= 0.6 is 12.4 Å². The Kier molecular flexibility index (Phi) is 4.68. The van der Waals surface area contributed by atoms with E-state index < -0.39 is 5.60 Å². The summed E-state index contributed by atoms with van der Waals surface area (Å²) in [6.45, 7) is 0. The lowest BCUT2D eigenvalue weighted by Crippen LogP contribution is -2.33. The number of nitrogen functional groups attached to an aromatic ring is 1. The van der Waals surface area contributed by atoms with Gasteiger partial charge in [0.25, 0.3) is 0 Å². The minimum absolute atomic E-state index is 0. The number of fused-ring (bicyclic) bond motifs is 1. The van der Waals surface area contributed by atoms with Crippen molar-refractivity contribution in [3.05, 3.63) is 42.0 Å². The highest BCUT2D eigenvalue weighted by molar-refractivity contribution is 5.86. The van der Waals surface area contributed by atoms with Crippen LogP contribution in [0, 0.1) is 5.82 Å². The average molecular weight is 376 g/mol. The van der Waals surface area contributed by atoms with E-state index in [4.69, 9.17) is 5.73 Å². The quantitative estimate of drug-likeness (QED) is 0.734. The lowest BCUT2D eigenvalue weighted by molar-refractivity contribution is 0.0150. The molecule has 0 amide bonds. The van der Waals surface area contributed by atoms with Crippen LogP contribution in [0.25, 0.3) is 28.6 Å². The molecule has 0 spiro atoms. The van der Waals surface area contributed by atoms with Gasteiger partial charge in [0.1, 0.15) is 11.6 Å². The SMILES string of the molecule is Cl.Cn1c(-c2cccc(F)c2)nc2c(N)nc(C=CC3(O)CCC3)nc21. The summed E-state index contributed by atoms with van der Waals surface area (Å²) in [5.74, 6) is 0.901. The first-order valence-corrected chi connectivity index (χ1v) is 8.13. The molecule has 3 aromatic rings. The van der Waals surface area contributed by atoms with Gasteiger partial charge in [-0.3, -0.25) is 0 Å². The van der Waals surface area contributed by atoms with E-state index in [1.807, 2.05) is 0 Å². The van der Waals surface area contributed by atoms with Crippen molar-refractivity contribution in [3.8, 4) is 11.4 Å². The molecular formula is C18H19ClFN5O. The van der Waals surface area contributed by atoms with Crippen LogP contribution in [0.1, 0.15) is 25.1 Å². The van der Waals surface area contributed by atoms with Crippen molar-refractivity contribution in [3.63, 3.8) is 0 Å². The van der Waals surface area contributed by atoms with Gasteiger partial charge in [-0.2, -0.15) is 0 Å². The molecule has 0 aliphatic heterocycles. The van der Waals surface area contributed by atoms with Crippen molar-refractivity contribution < 1.29 is 9.50 Å². The zero-order valence-corrected chi connectivity index (χ0v) is 15.0. The number of hydrogen-bond donors (Lipinski definition) is 2. The molecule has 1 aliphatic rings. The van der Waals surface area contributed by atoms with Crippen molar-refractivity contribution in [2.45, 2.75) is 24.9 Å². The predicted octanol–water partition coefficient (Wildman–Crippen LogP) is 3.10. The van der Waals surface area contributed by atoms with Gasteiger partial charge in [0, 0.05) is 12.6 Å². The van der Waals surface area contributed by atoms with Gasteiger partial charge in [-0.25, -0.2) is 19.3 Å². The lowest BCUT2D eigenvalue weighted by Gasteiger charge is -2.33. The molecule has 0 saturated heterocycles. The summed E-state index contributed by atoms with van der Waals surface area (Å²) in [7, 11) is 1.80. The number of hydrogen-bond acceptors (Lipinski definition) is 5. The lowest BCUT2D eigenvalue weighted by atomic mass is 9.80. The Labute approximate surface area is 156 Å². The van der Waals surface area contributed by atoms with Crippen LogP contribution in [0.3, 0.4) is 0 Å². The third-order valence-corrected chi connectivity index (χ3v) is 4.61. The van der Waals surface area contributed by atoms with Gasteiger partial charge in [-0.05, 0) is 43.5 Å². The topological polar surface area (TPSA) is 89.9 Å². The molecule has 0 bridgehead atoms. The third kappa shape index (κ3) is 3.15. The fourth-order valence-corrected chi connectivity index (χ4v) is 3.00. The fraction of sp³-hybridized carbons (Fsp3) is 0.278. The van der Waals surface area contributed by atoms with Crippen molar-refractivity contribution in [1.29, 1.82) is 0 Å². The molecule has 0 unspecified atom stereocenters. The Morgan fingerprint density at radius 3 is 2.69 bits per heavy atom. The summed E-state index contributed by atoms with van der Waals surface area (Å²) in [4.78, 5) is 13.2. The first-order valence-electron chi connectivity index (χ1n) is 8.13. The van der Waals surface area contributed by atoms with E-state index in [-0.39, 0.29) is 24.0 Å². The number of nitrogens with zero attached hydrogens (tertiary/aromatic N) is 4. The molecule has 0 atom stereocenters. The molecule has 6 nitrogen and oxygen atoms in total. The number of rotatable bonds is 3. The standard InChI is InChI=1S/C18H18FN5O.ClH/c1-24-16(11-4-2-5-12(19)10-11)23-14-15(20)21-13(22-17(14)24)6-9-18(25)7-3-8-18;/h2,4-6,9-10,25H,3,7-8H2,1H3,(H2,20,21,22);1H. The van der Waals surface area contributed by atoms with Crippen molar-refractivity contribution >= 4 is 35.5 Å². The van der Waals surface area contributed by atoms with Gasteiger partial charge in [-0.1, -0.05) is 12.1 Å². The van der Waals surface area contributed by atoms with Crippen LogP contribution in [0.4, 0.5) is 10.2 Å². The Morgan fingerprint density at radius 1 is 1.27 bits per heavy atom. The van der Waals surface area contributed by atoms with E-state index in [1.165, 1.54) is 12.1 Å². The maximum atomic E-state index is 13.5. The number of anilines is 1. The molecule has 1 aliphatic carbocycles. The molecule has 4 rings (SSSR count). The largest absolute Gasteiger partial charge is 0.386 e. The van der Waals surface area contributed by atoms with E-state index in [0.29, 0.717) is 28.4 Å². The van der Waals surface area contributed by atoms with Gasteiger partial charge in [0.05, 0.1) is 5.60 Å². The third-order valence-electron chi connectivity index (χ3n) is 4.61. The van der Waals surface area contributed by atoms with Crippen molar-refractivity contribution in [2.75, 3.05) is 5.73 Å². The highest BCUT2D eigenvalue weighted by atomic mass is 35.5. The summed E-state index contributed by atoms with van der Waals surface area (Å²) < 4.78 is 15.3. The fourth-order valence-electron chi connectivity index (χ4n) is 3.00. The van der Waals surface area contributed by atoms with Crippen LogP contribution in [0.5, 0.6) is 0 Å². The summed E-state index contributed by atoms with van der Waals surface area (Å²) in [5, 5.41) is 10.2. The molecule has 26 heavy (non-hydrogen) atoms. The number of aromatic nitrogens is 4. The predicted molar refractivity (Wildman–Crippen MR) is 101 cm³/mol. The Bertz CT molecular complexity index is 997. The number of aryl methyl sites for hydroxylation is 1.